The Morgan fingerprint density at radius 1 is 1.57 bits per heavy atom. The maximum absolute atomic E-state index is 4.43. The lowest BCUT2D eigenvalue weighted by atomic mass is 10.2. The maximum Gasteiger partial charge on any atom is 0.183 e. The van der Waals surface area contributed by atoms with Gasteiger partial charge in [-0.15, -0.1) is 0 Å². The number of pyridine rings is 1. The highest BCUT2D eigenvalue weighted by atomic mass is 15.4. The minimum Gasteiger partial charge on any atom is -0.367 e. The van der Waals surface area contributed by atoms with Gasteiger partial charge >= 0.3 is 0 Å². The Morgan fingerprint density at radius 3 is 3.43 bits per heavy atom. The van der Waals surface area contributed by atoms with Crippen LogP contribution in [0.1, 0.15) is 13.3 Å². The van der Waals surface area contributed by atoms with E-state index in [4.69, 9.17) is 0 Å². The molecule has 0 aliphatic carbocycles. The molecule has 0 amide bonds. The average Bonchev–Trinajstić information content (AvgIpc) is 2.56. The lowest BCUT2D eigenvalue weighted by Crippen LogP contribution is -2.25. The fourth-order valence-electron chi connectivity index (χ4n) is 1.90. The van der Waals surface area contributed by atoms with Gasteiger partial charge in [-0.25, -0.2) is 9.67 Å². The SMILES string of the molecule is CC1CCn2nc3ncccc3c2N1. The molecule has 1 atom stereocenters. The number of aryl methyl sites for hydroxylation is 1. The minimum atomic E-state index is 0.530. The van der Waals surface area contributed by atoms with Crippen LogP contribution in [0.25, 0.3) is 11.0 Å². The van der Waals surface area contributed by atoms with E-state index in [-0.39, 0.29) is 0 Å². The quantitative estimate of drug-likeness (QED) is 0.683. The van der Waals surface area contributed by atoms with Crippen LogP contribution < -0.4 is 5.32 Å². The molecule has 0 fully saturated rings. The van der Waals surface area contributed by atoms with Crippen molar-refractivity contribution in [1.82, 2.24) is 14.8 Å². The van der Waals surface area contributed by atoms with Gasteiger partial charge in [0.25, 0.3) is 0 Å². The van der Waals surface area contributed by atoms with Crippen molar-refractivity contribution in [2.24, 2.45) is 0 Å². The molecule has 0 radical (unpaired) electrons. The van der Waals surface area contributed by atoms with E-state index < -0.39 is 0 Å². The zero-order valence-corrected chi connectivity index (χ0v) is 8.07. The van der Waals surface area contributed by atoms with E-state index in [0.717, 1.165) is 29.8 Å². The topological polar surface area (TPSA) is 42.7 Å². The third-order valence-electron chi connectivity index (χ3n) is 2.67. The van der Waals surface area contributed by atoms with E-state index in [1.165, 1.54) is 0 Å². The van der Waals surface area contributed by atoms with Crippen molar-refractivity contribution in [3.63, 3.8) is 0 Å². The number of nitrogens with one attached hydrogen (secondary N) is 1. The van der Waals surface area contributed by atoms with Gasteiger partial charge in [-0.3, -0.25) is 0 Å². The first kappa shape index (κ1) is 7.79. The molecule has 2 aromatic rings. The van der Waals surface area contributed by atoms with Crippen LogP contribution >= 0.6 is 0 Å². The molecule has 0 bridgehead atoms. The number of fused-ring (bicyclic) bond motifs is 3. The van der Waals surface area contributed by atoms with Crippen molar-refractivity contribution in [2.75, 3.05) is 5.32 Å². The Kier molecular flexibility index (Phi) is 1.50. The second-order valence-electron chi connectivity index (χ2n) is 3.78. The molecule has 0 spiro atoms. The highest BCUT2D eigenvalue weighted by molar-refractivity contribution is 5.87. The number of hydrogen-bond acceptors (Lipinski definition) is 3. The Morgan fingerprint density at radius 2 is 2.50 bits per heavy atom. The summed E-state index contributed by atoms with van der Waals surface area (Å²) < 4.78 is 2.01. The molecule has 1 unspecified atom stereocenters. The average molecular weight is 188 g/mol. The maximum atomic E-state index is 4.43. The Bertz CT molecular complexity index is 474. The van der Waals surface area contributed by atoms with Gasteiger partial charge in [0.05, 0.1) is 5.39 Å². The second kappa shape index (κ2) is 2.70. The van der Waals surface area contributed by atoms with Crippen molar-refractivity contribution < 1.29 is 0 Å². The molecule has 0 saturated carbocycles. The molecule has 0 saturated heterocycles. The van der Waals surface area contributed by atoms with Crippen LogP contribution in [-0.2, 0) is 6.54 Å². The standard InChI is InChI=1S/C10H12N4/c1-7-4-6-14-10(12-7)8-3-2-5-11-9(8)13-14/h2-3,5,7,12H,4,6H2,1H3. The summed E-state index contributed by atoms with van der Waals surface area (Å²) in [5.74, 6) is 1.12. The number of hydrogen-bond donors (Lipinski definition) is 1. The van der Waals surface area contributed by atoms with E-state index in [1.54, 1.807) is 6.20 Å². The normalized spacial score (nSPS) is 20.5. The Labute approximate surface area is 81.9 Å². The summed E-state index contributed by atoms with van der Waals surface area (Å²) in [6, 6.07) is 4.54. The van der Waals surface area contributed by atoms with Crippen LogP contribution in [0.2, 0.25) is 0 Å². The molecular formula is C10H12N4. The van der Waals surface area contributed by atoms with E-state index in [0.29, 0.717) is 6.04 Å². The van der Waals surface area contributed by atoms with E-state index in [9.17, 15) is 0 Å². The zero-order valence-electron chi connectivity index (χ0n) is 8.07. The van der Waals surface area contributed by atoms with Crippen molar-refractivity contribution in [2.45, 2.75) is 25.9 Å². The molecule has 0 aromatic carbocycles. The largest absolute Gasteiger partial charge is 0.367 e. The summed E-state index contributed by atoms with van der Waals surface area (Å²) in [7, 11) is 0. The van der Waals surface area contributed by atoms with Crippen LogP contribution in [0.15, 0.2) is 18.3 Å². The molecule has 1 aliphatic rings. The van der Waals surface area contributed by atoms with Crippen molar-refractivity contribution >= 4 is 16.9 Å². The number of anilines is 1. The third-order valence-corrected chi connectivity index (χ3v) is 2.67. The molecule has 1 N–H and O–H groups in total. The van der Waals surface area contributed by atoms with Crippen molar-refractivity contribution in [1.29, 1.82) is 0 Å². The number of rotatable bonds is 0. The smallest absolute Gasteiger partial charge is 0.183 e. The van der Waals surface area contributed by atoms with Crippen molar-refractivity contribution in [3.05, 3.63) is 18.3 Å². The molecule has 4 heteroatoms. The first-order valence-electron chi connectivity index (χ1n) is 4.92. The molecule has 2 aromatic heterocycles. The van der Waals surface area contributed by atoms with Crippen molar-refractivity contribution in [3.8, 4) is 0 Å². The van der Waals surface area contributed by atoms with E-state index >= 15 is 0 Å². The summed E-state index contributed by atoms with van der Waals surface area (Å²) in [5, 5.41) is 9.00. The fourth-order valence-corrected chi connectivity index (χ4v) is 1.90. The predicted molar refractivity (Wildman–Crippen MR) is 55.2 cm³/mol. The number of nitrogens with zero attached hydrogens (tertiary/aromatic N) is 3. The molecule has 1 aliphatic heterocycles. The molecule has 14 heavy (non-hydrogen) atoms. The van der Waals surface area contributed by atoms with Gasteiger partial charge in [-0.1, -0.05) is 0 Å². The van der Waals surface area contributed by atoms with E-state index in [2.05, 4.69) is 28.4 Å². The lowest BCUT2D eigenvalue weighted by Gasteiger charge is -2.22. The van der Waals surface area contributed by atoms with Gasteiger partial charge in [-0.2, -0.15) is 5.10 Å². The van der Waals surface area contributed by atoms with Gasteiger partial charge in [0.15, 0.2) is 5.65 Å². The lowest BCUT2D eigenvalue weighted by molar-refractivity contribution is 0.515. The van der Waals surface area contributed by atoms with Gasteiger partial charge < -0.3 is 5.32 Å². The molecular weight excluding hydrogens is 176 g/mol. The first-order valence-corrected chi connectivity index (χ1v) is 4.92. The predicted octanol–water partition coefficient (Wildman–Crippen LogP) is 1.64. The van der Waals surface area contributed by atoms with Crippen LogP contribution in [0.5, 0.6) is 0 Å². The second-order valence-corrected chi connectivity index (χ2v) is 3.78. The molecule has 72 valence electrons. The van der Waals surface area contributed by atoms with Gasteiger partial charge in [0.1, 0.15) is 5.82 Å². The summed E-state index contributed by atoms with van der Waals surface area (Å²) >= 11 is 0. The van der Waals surface area contributed by atoms with Gasteiger partial charge in [0, 0.05) is 18.8 Å². The summed E-state index contributed by atoms with van der Waals surface area (Å²) in [6.07, 6.45) is 2.91. The third kappa shape index (κ3) is 0.999. The highest BCUT2D eigenvalue weighted by Crippen LogP contribution is 2.25. The summed E-state index contributed by atoms with van der Waals surface area (Å²) in [4.78, 5) is 4.24. The van der Waals surface area contributed by atoms with E-state index in [1.807, 2.05) is 10.7 Å². The first-order chi connectivity index (χ1) is 6.84. The Balaban J connectivity index is 2.25. The van der Waals surface area contributed by atoms with Gasteiger partial charge in [-0.05, 0) is 25.5 Å². The molecule has 3 rings (SSSR count). The van der Waals surface area contributed by atoms with Crippen LogP contribution in [-0.4, -0.2) is 20.8 Å². The summed E-state index contributed by atoms with van der Waals surface area (Å²) in [5.41, 5.74) is 0.837. The van der Waals surface area contributed by atoms with Crippen LogP contribution in [0.3, 0.4) is 0 Å². The minimum absolute atomic E-state index is 0.530. The molecule has 4 nitrogen and oxygen atoms in total. The van der Waals surface area contributed by atoms with Gasteiger partial charge in [0.2, 0.25) is 0 Å². The molecule has 3 heterocycles. The highest BCUT2D eigenvalue weighted by Gasteiger charge is 2.18. The number of aromatic nitrogens is 3. The Hall–Kier alpha value is -1.58. The zero-order chi connectivity index (χ0) is 9.54. The van der Waals surface area contributed by atoms with Crippen LogP contribution in [0.4, 0.5) is 5.82 Å². The van der Waals surface area contributed by atoms with Crippen LogP contribution in [0, 0.1) is 0 Å². The fraction of sp³-hybridized carbons (Fsp3) is 0.400. The monoisotopic (exact) mass is 188 g/mol. The summed E-state index contributed by atoms with van der Waals surface area (Å²) in [6.45, 7) is 3.18.